The Labute approximate surface area is 186 Å². The number of piperidine rings is 1. The van der Waals surface area contributed by atoms with Crippen molar-refractivity contribution in [3.05, 3.63) is 65.0 Å². The monoisotopic (exact) mass is 439 g/mol. The van der Waals surface area contributed by atoms with Crippen molar-refractivity contribution in [2.75, 3.05) is 38.3 Å². The topological polar surface area (TPSA) is 79.0 Å². The Balaban J connectivity index is 1.54. The second kappa shape index (κ2) is 9.48. The first-order valence-corrected chi connectivity index (χ1v) is 10.7. The molecule has 168 valence electrons. The van der Waals surface area contributed by atoms with Crippen molar-refractivity contribution in [1.29, 1.82) is 0 Å². The number of anilines is 1. The van der Waals surface area contributed by atoms with Crippen LogP contribution in [0.4, 0.5) is 10.1 Å². The summed E-state index contributed by atoms with van der Waals surface area (Å²) in [4.78, 5) is 41.9. The first-order chi connectivity index (χ1) is 15.5. The Kier molecular flexibility index (Phi) is 6.50. The van der Waals surface area contributed by atoms with E-state index in [1.807, 2.05) is 11.0 Å². The van der Waals surface area contributed by atoms with E-state index >= 15 is 0 Å². The van der Waals surface area contributed by atoms with E-state index in [2.05, 4.69) is 5.32 Å². The number of hydrogen-bond donors (Lipinski definition) is 1. The van der Waals surface area contributed by atoms with Crippen molar-refractivity contribution in [3.8, 4) is 0 Å². The number of ether oxygens (including phenoxy) is 1. The summed E-state index contributed by atoms with van der Waals surface area (Å²) < 4.78 is 18.6. The van der Waals surface area contributed by atoms with Crippen LogP contribution in [0.3, 0.4) is 0 Å². The number of benzene rings is 2. The lowest BCUT2D eigenvalue weighted by Gasteiger charge is -2.34. The average Bonchev–Trinajstić information content (AvgIpc) is 3.04. The van der Waals surface area contributed by atoms with Crippen LogP contribution < -0.4 is 10.2 Å². The van der Waals surface area contributed by atoms with Crippen molar-refractivity contribution in [2.24, 2.45) is 5.92 Å². The summed E-state index contributed by atoms with van der Waals surface area (Å²) in [5.41, 5.74) is 1.91. The second-order valence-corrected chi connectivity index (χ2v) is 8.10. The van der Waals surface area contributed by atoms with E-state index in [9.17, 15) is 18.8 Å². The maximum absolute atomic E-state index is 13.6. The third kappa shape index (κ3) is 4.36. The molecule has 8 heteroatoms. The van der Waals surface area contributed by atoms with Crippen LogP contribution in [0.2, 0.25) is 0 Å². The minimum atomic E-state index is -0.414. The highest BCUT2D eigenvalue weighted by atomic mass is 19.1. The van der Waals surface area contributed by atoms with Crippen LogP contribution in [0.15, 0.2) is 42.5 Å². The van der Waals surface area contributed by atoms with Crippen LogP contribution in [-0.4, -0.2) is 56.0 Å². The smallest absolute Gasteiger partial charge is 0.263 e. The first kappa shape index (κ1) is 22.0. The molecule has 3 amide bonds. The summed E-state index contributed by atoms with van der Waals surface area (Å²) in [5, 5.41) is 2.88. The molecule has 2 heterocycles. The lowest BCUT2D eigenvalue weighted by Crippen LogP contribution is -2.44. The Hall–Kier alpha value is -3.26. The first-order valence-electron chi connectivity index (χ1n) is 10.7. The normalized spacial score (nSPS) is 18.1. The van der Waals surface area contributed by atoms with Crippen LogP contribution in [0, 0.1) is 11.7 Å². The summed E-state index contributed by atoms with van der Waals surface area (Å²) >= 11 is 0. The molecule has 1 fully saturated rings. The predicted octanol–water partition coefficient (Wildman–Crippen LogP) is 2.60. The fourth-order valence-electron chi connectivity index (χ4n) is 4.37. The maximum Gasteiger partial charge on any atom is 0.263 e. The standard InChI is InChI=1S/C24H26FN3O4/c1-32-12-10-26-22(29)17-6-4-11-27(15-17)20-9-3-8-19-21(20)24(31)28(23(19)30)14-16-5-2-7-18(25)13-16/h2-3,5,7-9,13,17H,4,6,10-12,14-15H2,1H3,(H,26,29)/t17-/m0/s1. The fourth-order valence-corrected chi connectivity index (χ4v) is 4.37. The van der Waals surface area contributed by atoms with E-state index in [0.717, 1.165) is 17.7 Å². The number of methoxy groups -OCH3 is 1. The molecule has 7 nitrogen and oxygen atoms in total. The molecule has 4 rings (SSSR count). The molecule has 2 aliphatic heterocycles. The van der Waals surface area contributed by atoms with Gasteiger partial charge in [-0.2, -0.15) is 0 Å². The molecule has 0 unspecified atom stereocenters. The van der Waals surface area contributed by atoms with Crippen molar-refractivity contribution in [3.63, 3.8) is 0 Å². The summed E-state index contributed by atoms with van der Waals surface area (Å²) in [5.74, 6) is -1.43. The SMILES string of the molecule is COCCNC(=O)[C@H]1CCCN(c2cccc3c2C(=O)N(Cc2cccc(F)c2)C3=O)C1. The van der Waals surface area contributed by atoms with Crippen LogP contribution >= 0.6 is 0 Å². The molecule has 2 aromatic rings. The number of carbonyl (C=O) groups excluding carboxylic acids is 3. The molecule has 0 aliphatic carbocycles. The number of nitrogens with zero attached hydrogens (tertiary/aromatic N) is 2. The van der Waals surface area contributed by atoms with E-state index < -0.39 is 11.7 Å². The van der Waals surface area contributed by atoms with E-state index in [0.29, 0.717) is 48.6 Å². The Bertz CT molecular complexity index is 1040. The molecular formula is C24H26FN3O4. The van der Waals surface area contributed by atoms with Gasteiger partial charge in [0.1, 0.15) is 5.82 Å². The Morgan fingerprint density at radius 2 is 2.00 bits per heavy atom. The molecule has 2 aromatic carbocycles. The van der Waals surface area contributed by atoms with Crippen molar-refractivity contribution < 1.29 is 23.5 Å². The number of halogens is 1. The third-order valence-corrected chi connectivity index (χ3v) is 5.95. The highest BCUT2D eigenvalue weighted by Crippen LogP contribution is 2.34. The summed E-state index contributed by atoms with van der Waals surface area (Å²) in [7, 11) is 1.58. The third-order valence-electron chi connectivity index (χ3n) is 5.95. The van der Waals surface area contributed by atoms with Gasteiger partial charge in [0.05, 0.1) is 35.9 Å². The highest BCUT2D eigenvalue weighted by molar-refractivity contribution is 6.23. The molecule has 0 aromatic heterocycles. The molecule has 0 spiro atoms. The van der Waals surface area contributed by atoms with Crippen LogP contribution in [0.25, 0.3) is 0 Å². The zero-order valence-corrected chi connectivity index (χ0v) is 18.0. The summed E-state index contributed by atoms with van der Waals surface area (Å²) in [6.45, 7) is 2.08. The minimum absolute atomic E-state index is 0.00801. The van der Waals surface area contributed by atoms with E-state index in [1.165, 1.54) is 12.1 Å². The van der Waals surface area contributed by atoms with E-state index in [1.54, 1.807) is 31.4 Å². The van der Waals surface area contributed by atoms with Crippen LogP contribution in [0.1, 0.15) is 39.1 Å². The van der Waals surface area contributed by atoms with Gasteiger partial charge in [0.15, 0.2) is 0 Å². The minimum Gasteiger partial charge on any atom is -0.383 e. The zero-order chi connectivity index (χ0) is 22.7. The maximum atomic E-state index is 13.6. The van der Waals surface area contributed by atoms with Crippen molar-refractivity contribution in [2.45, 2.75) is 19.4 Å². The Morgan fingerprint density at radius 1 is 1.19 bits per heavy atom. The van der Waals surface area contributed by atoms with Gasteiger partial charge in [-0.1, -0.05) is 18.2 Å². The quantitative estimate of drug-likeness (QED) is 0.530. The van der Waals surface area contributed by atoms with Crippen molar-refractivity contribution in [1.82, 2.24) is 10.2 Å². The fraction of sp³-hybridized carbons (Fsp3) is 0.375. The molecule has 0 radical (unpaired) electrons. The van der Waals surface area contributed by atoms with Gasteiger partial charge in [-0.05, 0) is 42.7 Å². The lowest BCUT2D eigenvalue weighted by molar-refractivity contribution is -0.125. The summed E-state index contributed by atoms with van der Waals surface area (Å²) in [6, 6.07) is 11.1. The summed E-state index contributed by atoms with van der Waals surface area (Å²) in [6.07, 6.45) is 1.57. The van der Waals surface area contributed by atoms with Gasteiger partial charge in [0, 0.05) is 26.7 Å². The zero-order valence-electron chi connectivity index (χ0n) is 18.0. The highest BCUT2D eigenvalue weighted by Gasteiger charge is 2.39. The number of rotatable bonds is 7. The Morgan fingerprint density at radius 3 is 2.78 bits per heavy atom. The molecule has 0 saturated carbocycles. The number of imide groups is 1. The molecule has 32 heavy (non-hydrogen) atoms. The van der Waals surface area contributed by atoms with Crippen LogP contribution in [-0.2, 0) is 16.1 Å². The van der Waals surface area contributed by atoms with Gasteiger partial charge in [-0.3, -0.25) is 19.3 Å². The molecule has 1 atom stereocenters. The number of amides is 3. The van der Waals surface area contributed by atoms with Gasteiger partial charge in [0.2, 0.25) is 5.91 Å². The van der Waals surface area contributed by atoms with Gasteiger partial charge >= 0.3 is 0 Å². The van der Waals surface area contributed by atoms with Gasteiger partial charge < -0.3 is 15.0 Å². The number of hydrogen-bond acceptors (Lipinski definition) is 5. The largest absolute Gasteiger partial charge is 0.383 e. The molecule has 2 aliphatic rings. The molecule has 0 bridgehead atoms. The number of fused-ring (bicyclic) bond motifs is 1. The number of nitrogens with one attached hydrogen (secondary N) is 1. The number of carbonyl (C=O) groups is 3. The second-order valence-electron chi connectivity index (χ2n) is 8.10. The lowest BCUT2D eigenvalue weighted by atomic mass is 9.95. The molecular weight excluding hydrogens is 413 g/mol. The van der Waals surface area contributed by atoms with Gasteiger partial charge in [0.25, 0.3) is 11.8 Å². The predicted molar refractivity (Wildman–Crippen MR) is 117 cm³/mol. The van der Waals surface area contributed by atoms with Crippen molar-refractivity contribution >= 4 is 23.4 Å². The molecule has 1 saturated heterocycles. The van der Waals surface area contributed by atoms with Gasteiger partial charge in [-0.25, -0.2) is 4.39 Å². The van der Waals surface area contributed by atoms with Crippen LogP contribution in [0.5, 0.6) is 0 Å². The molecule has 1 N–H and O–H groups in total. The average molecular weight is 439 g/mol. The van der Waals surface area contributed by atoms with E-state index in [4.69, 9.17) is 4.74 Å². The van der Waals surface area contributed by atoms with Gasteiger partial charge in [-0.15, -0.1) is 0 Å². The van der Waals surface area contributed by atoms with E-state index in [-0.39, 0.29) is 24.3 Å².